The van der Waals surface area contributed by atoms with Crippen LogP contribution in [-0.2, 0) is 24.9 Å². The van der Waals surface area contributed by atoms with E-state index in [2.05, 4.69) is 48.5 Å². The van der Waals surface area contributed by atoms with E-state index in [1.54, 1.807) is 22.7 Å². The van der Waals surface area contributed by atoms with Crippen LogP contribution in [0.5, 0.6) is 0 Å². The number of allylic oxidation sites excluding steroid dienone is 2. The summed E-state index contributed by atoms with van der Waals surface area (Å²) in [6.07, 6.45) is -12.1. The van der Waals surface area contributed by atoms with Gasteiger partial charge in [0.1, 0.15) is 25.6 Å². The third-order valence-electron chi connectivity index (χ3n) is 8.66. The summed E-state index contributed by atoms with van der Waals surface area (Å²) in [6, 6.07) is 26.0. The summed E-state index contributed by atoms with van der Waals surface area (Å²) in [7, 11) is 0. The number of carbonyl (C=O) groups excluding carboxylic acids is 1. The molecular formula is C35H33F6IrN2O2S2-. The molecule has 0 aliphatic heterocycles. The van der Waals surface area contributed by atoms with Gasteiger partial charge >= 0.3 is 12.4 Å². The Morgan fingerprint density at radius 3 is 1.83 bits per heavy atom. The third kappa shape index (κ3) is 7.54. The van der Waals surface area contributed by atoms with Crippen LogP contribution in [0.4, 0.5) is 26.3 Å². The second kappa shape index (κ2) is 15.6. The summed E-state index contributed by atoms with van der Waals surface area (Å²) in [6.45, 7) is 4.58. The van der Waals surface area contributed by atoms with Gasteiger partial charge in [-0.25, -0.2) is 4.98 Å². The molecule has 0 aliphatic rings. The largest absolute Gasteiger partial charge is 0.511 e. The molecule has 0 saturated heterocycles. The van der Waals surface area contributed by atoms with Crippen molar-refractivity contribution in [2.45, 2.75) is 65.7 Å². The number of hydrogen-bond acceptors (Lipinski definition) is 6. The standard InChI is InChI=1S/C20H11N2S2.C15H22F6O2.Ir/c1-2-8-14(9-3-1)18-21-17-20(23-18)24-19(22-17)16-12-6-10-13-7-4-5-11-15(13)16;1-5-12(6-2,14(16,17)18)10(22)9-11(23)13(7-3,8-4)15(19,20)21;/h1-11H;9,22H,5-8H2,1-4H3;/q-1;;/b;10-9-;. The summed E-state index contributed by atoms with van der Waals surface area (Å²) in [5.41, 5.74) is -2.47. The van der Waals surface area contributed by atoms with Crippen molar-refractivity contribution in [1.82, 2.24) is 9.97 Å². The van der Waals surface area contributed by atoms with Crippen molar-refractivity contribution < 1.29 is 56.3 Å². The molecule has 0 aliphatic carbocycles. The van der Waals surface area contributed by atoms with Gasteiger partial charge in [-0.2, -0.15) is 37.7 Å². The molecule has 2 aromatic heterocycles. The van der Waals surface area contributed by atoms with Gasteiger partial charge in [-0.05, 0) is 25.7 Å². The number of alkyl halides is 6. The van der Waals surface area contributed by atoms with Crippen molar-refractivity contribution in [2.75, 3.05) is 0 Å². The Labute approximate surface area is 296 Å². The second-order valence-electron chi connectivity index (χ2n) is 10.9. The molecule has 0 bridgehead atoms. The van der Waals surface area contributed by atoms with Gasteiger partial charge in [0.2, 0.25) is 0 Å². The van der Waals surface area contributed by atoms with Crippen LogP contribution in [0.3, 0.4) is 0 Å². The van der Waals surface area contributed by atoms with E-state index in [0.717, 1.165) is 58.5 Å². The van der Waals surface area contributed by atoms with E-state index in [1.165, 1.54) is 10.8 Å². The molecule has 0 saturated carbocycles. The third-order valence-corrected chi connectivity index (χ3v) is 10.9. The topological polar surface area (TPSA) is 63.1 Å². The molecule has 3 aromatic carbocycles. The monoisotopic (exact) mass is 884 g/mol. The smallest absolute Gasteiger partial charge is 0.401 e. The first-order valence-corrected chi connectivity index (χ1v) is 16.6. The van der Waals surface area contributed by atoms with Crippen LogP contribution in [0.15, 0.2) is 78.6 Å². The van der Waals surface area contributed by atoms with E-state index in [0.29, 0.717) is 0 Å². The summed E-state index contributed by atoms with van der Waals surface area (Å²) in [5.74, 6) is -2.92. The predicted octanol–water partition coefficient (Wildman–Crippen LogP) is 11.8. The Kier molecular flexibility index (Phi) is 12.8. The average molecular weight is 884 g/mol. The first kappa shape index (κ1) is 39.3. The number of ketones is 1. The van der Waals surface area contributed by atoms with Gasteiger partial charge in [0, 0.05) is 36.8 Å². The summed E-state index contributed by atoms with van der Waals surface area (Å²) < 4.78 is 80.5. The normalized spacial score (nSPS) is 12.8. The van der Waals surface area contributed by atoms with Crippen molar-refractivity contribution in [3.8, 4) is 21.1 Å². The van der Waals surface area contributed by atoms with Crippen LogP contribution < -0.4 is 0 Å². The van der Waals surface area contributed by atoms with E-state index in [1.807, 2.05) is 24.3 Å². The quantitative estimate of drug-likeness (QED) is 0.0693. The maximum Gasteiger partial charge on any atom is 0.401 e. The number of benzene rings is 3. The Morgan fingerprint density at radius 2 is 1.29 bits per heavy atom. The fraction of sp³-hybridized carbons (Fsp3) is 0.343. The molecule has 4 nitrogen and oxygen atoms in total. The molecule has 0 fully saturated rings. The second-order valence-corrected chi connectivity index (χ2v) is 13.2. The molecule has 0 spiro atoms. The van der Waals surface area contributed by atoms with Crippen LogP contribution >= 0.6 is 22.7 Å². The Balaban J connectivity index is 0.000000256. The van der Waals surface area contributed by atoms with Crippen LogP contribution in [0.1, 0.15) is 53.4 Å². The van der Waals surface area contributed by atoms with E-state index >= 15 is 0 Å². The van der Waals surface area contributed by atoms with Crippen molar-refractivity contribution in [2.24, 2.45) is 10.8 Å². The van der Waals surface area contributed by atoms with Crippen molar-refractivity contribution >= 4 is 48.9 Å². The molecule has 2 heterocycles. The van der Waals surface area contributed by atoms with Crippen molar-refractivity contribution in [3.63, 3.8) is 0 Å². The van der Waals surface area contributed by atoms with Crippen LogP contribution in [0.2, 0.25) is 0 Å². The average Bonchev–Trinajstić information content (AvgIpc) is 3.62. The van der Waals surface area contributed by atoms with Crippen molar-refractivity contribution in [3.05, 3.63) is 84.6 Å². The number of aromatic nitrogens is 2. The van der Waals surface area contributed by atoms with Gasteiger partial charge in [-0.3, -0.25) is 9.78 Å². The van der Waals surface area contributed by atoms with Crippen molar-refractivity contribution in [1.29, 1.82) is 0 Å². The zero-order valence-electron chi connectivity index (χ0n) is 26.4. The number of nitrogens with zero attached hydrogens (tertiary/aromatic N) is 2. The van der Waals surface area contributed by atoms with Gasteiger partial charge < -0.3 is 5.11 Å². The van der Waals surface area contributed by atoms with E-state index in [9.17, 15) is 36.2 Å². The van der Waals surface area contributed by atoms with Crippen LogP contribution in [-0.4, -0.2) is 33.2 Å². The zero-order valence-corrected chi connectivity index (χ0v) is 30.5. The van der Waals surface area contributed by atoms with Gasteiger partial charge in [-0.1, -0.05) is 87.7 Å². The number of carbonyl (C=O) groups is 1. The van der Waals surface area contributed by atoms with Gasteiger partial charge in [0.25, 0.3) is 0 Å². The summed E-state index contributed by atoms with van der Waals surface area (Å²) in [5, 5.41) is 14.2. The Hall–Kier alpha value is -3.12. The predicted molar refractivity (Wildman–Crippen MR) is 176 cm³/mol. The SMILES string of the molecule is CCC(CC)(C(=O)/C=C(\O)C(CC)(CC)C(F)(F)F)C(F)(F)F.[Ir].[c-]1ccc2ccccc2c1-c1nc2nc(-c3ccccc3)sc2s1. The first-order valence-electron chi connectivity index (χ1n) is 15.0. The minimum absolute atomic E-state index is 0. The molecular weight excluding hydrogens is 851 g/mol. The van der Waals surface area contributed by atoms with Crippen LogP contribution in [0, 0.1) is 16.9 Å². The Bertz CT molecular complexity index is 1820. The molecule has 1 radical (unpaired) electrons. The van der Waals surface area contributed by atoms with Gasteiger partial charge in [-0.15, -0.1) is 40.5 Å². The fourth-order valence-electron chi connectivity index (χ4n) is 5.49. The maximum atomic E-state index is 13.2. The molecule has 1 N–H and O–H groups in total. The molecule has 0 atom stereocenters. The minimum atomic E-state index is -4.91. The molecule has 5 rings (SSSR count). The van der Waals surface area contributed by atoms with E-state index < -0.39 is 60.4 Å². The number of rotatable bonds is 9. The van der Waals surface area contributed by atoms with E-state index in [4.69, 9.17) is 9.97 Å². The number of fused-ring (bicyclic) bond motifs is 2. The fourth-order valence-corrected chi connectivity index (χ4v) is 7.64. The van der Waals surface area contributed by atoms with Gasteiger partial charge in [0.05, 0.1) is 0 Å². The first-order chi connectivity index (χ1) is 22.2. The minimum Gasteiger partial charge on any atom is -0.511 e. The number of thiazole rings is 2. The Morgan fingerprint density at radius 1 is 0.771 bits per heavy atom. The number of aliphatic hydroxyl groups is 1. The molecule has 13 heteroatoms. The van der Waals surface area contributed by atoms with Gasteiger partial charge in [0.15, 0.2) is 11.4 Å². The van der Waals surface area contributed by atoms with E-state index in [-0.39, 0.29) is 26.2 Å². The number of halogens is 6. The molecule has 48 heavy (non-hydrogen) atoms. The molecule has 259 valence electrons. The molecule has 0 unspecified atom stereocenters. The summed E-state index contributed by atoms with van der Waals surface area (Å²) >= 11 is 3.40. The summed E-state index contributed by atoms with van der Waals surface area (Å²) in [4.78, 5) is 21.5. The number of hydrogen-bond donors (Lipinski definition) is 1. The molecule has 5 aromatic rings. The zero-order chi connectivity index (χ0) is 34.6. The molecule has 0 amide bonds. The number of aliphatic hydroxyl groups excluding tert-OH is 1. The van der Waals surface area contributed by atoms with Crippen LogP contribution in [0.25, 0.3) is 41.6 Å². The maximum absolute atomic E-state index is 13.2.